The minimum absolute atomic E-state index is 0.102. The first-order chi connectivity index (χ1) is 6.37. The Labute approximate surface area is 85.2 Å². The lowest BCUT2D eigenvalue weighted by Crippen LogP contribution is -2.38. The van der Waals surface area contributed by atoms with Crippen LogP contribution in [-0.4, -0.2) is 26.0 Å². The number of carbonyl (C=O) groups is 1. The first kappa shape index (κ1) is 13.5. The molecule has 5 N–H and O–H groups in total. The van der Waals surface area contributed by atoms with Crippen LogP contribution < -0.4 is 11.6 Å². The Bertz CT molecular complexity index is 220. The average Bonchev–Trinajstić information content (AvgIpc) is 2.11. The molecule has 0 aliphatic heterocycles. The van der Waals surface area contributed by atoms with Gasteiger partial charge in [0, 0.05) is 12.0 Å². The summed E-state index contributed by atoms with van der Waals surface area (Å²) in [6.07, 6.45) is 0.857. The molecule has 0 aromatic rings. The Hall–Kier alpha value is -0.500. The molecule has 0 amide bonds. The van der Waals surface area contributed by atoms with E-state index < -0.39 is 22.6 Å². The van der Waals surface area contributed by atoms with Crippen LogP contribution in [0.1, 0.15) is 26.2 Å². The molecule has 0 fully saturated rings. The highest BCUT2D eigenvalue weighted by Crippen LogP contribution is 2.14. The Morgan fingerprint density at radius 1 is 1.57 bits per heavy atom. The lowest BCUT2D eigenvalue weighted by atomic mass is 9.94. The van der Waals surface area contributed by atoms with Crippen LogP contribution in [0.25, 0.3) is 0 Å². The zero-order valence-corrected chi connectivity index (χ0v) is 8.88. The van der Waals surface area contributed by atoms with Gasteiger partial charge in [-0.15, -0.1) is 0 Å². The lowest BCUT2D eigenvalue weighted by Gasteiger charge is -2.22. The molecule has 0 saturated carbocycles. The second kappa shape index (κ2) is 6.07. The topological polar surface area (TPSA) is 116 Å². The molecule has 2 unspecified atom stereocenters. The maximum atomic E-state index is 10.7. The molecule has 14 heavy (non-hydrogen) atoms. The maximum Gasteiger partial charge on any atom is 0.324 e. The van der Waals surface area contributed by atoms with Crippen LogP contribution >= 0.6 is 0 Å². The van der Waals surface area contributed by atoms with Crippen molar-refractivity contribution in [2.45, 2.75) is 31.7 Å². The average molecular weight is 224 g/mol. The first-order valence-corrected chi connectivity index (χ1v) is 5.41. The van der Waals surface area contributed by atoms with E-state index in [1.54, 1.807) is 6.92 Å². The van der Waals surface area contributed by atoms with Gasteiger partial charge in [0.2, 0.25) is 0 Å². The summed E-state index contributed by atoms with van der Waals surface area (Å²) in [4.78, 5) is 14.7. The summed E-state index contributed by atoms with van der Waals surface area (Å²) in [5, 5.41) is 0. The van der Waals surface area contributed by atoms with Crippen molar-refractivity contribution in [2.75, 3.05) is 5.75 Å². The van der Waals surface area contributed by atoms with Crippen LogP contribution in [-0.2, 0) is 20.7 Å². The van der Waals surface area contributed by atoms with Gasteiger partial charge < -0.3 is 15.1 Å². The lowest BCUT2D eigenvalue weighted by molar-refractivity contribution is -0.144. The molecule has 2 atom stereocenters. The van der Waals surface area contributed by atoms with Gasteiger partial charge >= 0.3 is 5.97 Å². The van der Waals surface area contributed by atoms with E-state index in [2.05, 4.69) is 10.7 Å². The fourth-order valence-electron chi connectivity index (χ4n) is 0.892. The molecular formula is C7H16N2O4S. The van der Waals surface area contributed by atoms with E-state index in [4.69, 9.17) is 10.3 Å². The summed E-state index contributed by atoms with van der Waals surface area (Å²) in [6.45, 7) is 1.71. The third-order valence-corrected chi connectivity index (χ3v) is 2.43. The summed E-state index contributed by atoms with van der Waals surface area (Å²) in [7, 11) is 0. The molecule has 0 heterocycles. The van der Waals surface area contributed by atoms with Crippen LogP contribution in [0.2, 0.25) is 0 Å². The predicted octanol–water partition coefficient (Wildman–Crippen LogP) is -0.487. The quantitative estimate of drug-likeness (QED) is 0.414. The van der Waals surface area contributed by atoms with E-state index in [0.29, 0.717) is 12.8 Å². The number of hydrogen-bond acceptors (Lipinski definition) is 5. The highest BCUT2D eigenvalue weighted by Gasteiger charge is 2.20. The number of hydrogen-bond donors (Lipinski definition) is 3. The van der Waals surface area contributed by atoms with Crippen LogP contribution in [0.3, 0.4) is 0 Å². The van der Waals surface area contributed by atoms with E-state index in [-0.39, 0.29) is 12.2 Å². The Morgan fingerprint density at radius 3 is 2.57 bits per heavy atom. The van der Waals surface area contributed by atoms with Gasteiger partial charge in [0.15, 0.2) is 11.1 Å². The molecule has 0 spiro atoms. The molecule has 0 rings (SSSR count). The number of rotatable bonds is 6. The third-order valence-electron chi connectivity index (χ3n) is 1.88. The Balaban J connectivity index is 3.82. The second-order valence-electron chi connectivity index (χ2n) is 3.42. The summed E-state index contributed by atoms with van der Waals surface area (Å²) in [5.74, 6) is 4.21. The smallest absolute Gasteiger partial charge is 0.324 e. The largest absolute Gasteiger partial charge is 0.373 e. The van der Waals surface area contributed by atoms with E-state index in [0.717, 1.165) is 0 Å². The molecule has 0 aromatic carbocycles. The van der Waals surface area contributed by atoms with Crippen molar-refractivity contribution in [3.8, 4) is 0 Å². The number of carbonyl (C=O) groups excluding carboxylic acids is 1. The van der Waals surface area contributed by atoms with Gasteiger partial charge in [0.25, 0.3) is 0 Å². The van der Waals surface area contributed by atoms with Gasteiger partial charge in [-0.2, -0.15) is 5.90 Å². The van der Waals surface area contributed by atoms with Crippen LogP contribution in [0, 0.1) is 0 Å². The fourth-order valence-corrected chi connectivity index (χ4v) is 1.53. The zero-order chi connectivity index (χ0) is 11.2. The fraction of sp³-hybridized carbons (Fsp3) is 0.857. The van der Waals surface area contributed by atoms with Crippen LogP contribution in [0.15, 0.2) is 0 Å². The molecule has 0 radical (unpaired) electrons. The van der Waals surface area contributed by atoms with E-state index in [9.17, 15) is 9.00 Å². The van der Waals surface area contributed by atoms with Crippen molar-refractivity contribution < 1.29 is 18.4 Å². The minimum Gasteiger partial charge on any atom is -0.373 e. The molecule has 0 saturated heterocycles. The summed E-state index contributed by atoms with van der Waals surface area (Å²) >= 11 is -1.85. The molecule has 0 aliphatic carbocycles. The van der Waals surface area contributed by atoms with Crippen molar-refractivity contribution in [1.29, 1.82) is 0 Å². The SMILES string of the molecule is CC(N)(CCC(=O)ON)CCS(=O)O. The van der Waals surface area contributed by atoms with E-state index in [1.807, 2.05) is 0 Å². The van der Waals surface area contributed by atoms with Gasteiger partial charge in [0.1, 0.15) is 0 Å². The Morgan fingerprint density at radius 2 is 2.14 bits per heavy atom. The number of nitrogens with two attached hydrogens (primary N) is 2. The van der Waals surface area contributed by atoms with Gasteiger partial charge in [-0.1, -0.05) is 0 Å². The first-order valence-electron chi connectivity index (χ1n) is 4.13. The third kappa shape index (κ3) is 6.96. The van der Waals surface area contributed by atoms with Crippen molar-refractivity contribution in [1.82, 2.24) is 0 Å². The van der Waals surface area contributed by atoms with E-state index in [1.165, 1.54) is 0 Å². The standard InChI is InChI=1S/C7H16N2O4S/c1-7(8,4-5-14(11)12)3-2-6(10)13-9/h2-5,8-9H2,1H3,(H,11,12). The van der Waals surface area contributed by atoms with Crippen LogP contribution in [0.4, 0.5) is 0 Å². The van der Waals surface area contributed by atoms with Gasteiger partial charge in [-0.25, -0.2) is 4.21 Å². The highest BCUT2D eigenvalue weighted by atomic mass is 32.2. The predicted molar refractivity (Wildman–Crippen MR) is 52.4 cm³/mol. The molecule has 0 bridgehead atoms. The molecule has 0 aliphatic rings. The molecule has 84 valence electrons. The highest BCUT2D eigenvalue weighted by molar-refractivity contribution is 7.79. The monoisotopic (exact) mass is 224 g/mol. The molecule has 0 aromatic heterocycles. The minimum atomic E-state index is -1.85. The van der Waals surface area contributed by atoms with Gasteiger partial charge in [-0.05, 0) is 19.8 Å². The maximum absolute atomic E-state index is 10.7. The van der Waals surface area contributed by atoms with Crippen molar-refractivity contribution >= 4 is 17.0 Å². The molecular weight excluding hydrogens is 208 g/mol. The summed E-state index contributed by atoms with van der Waals surface area (Å²) in [6, 6.07) is 0. The normalized spacial score (nSPS) is 17.1. The van der Waals surface area contributed by atoms with Gasteiger partial charge in [0.05, 0.1) is 5.75 Å². The molecule has 7 heteroatoms. The Kier molecular flexibility index (Phi) is 5.86. The van der Waals surface area contributed by atoms with E-state index >= 15 is 0 Å². The van der Waals surface area contributed by atoms with Crippen molar-refractivity contribution in [2.24, 2.45) is 11.6 Å². The summed E-state index contributed by atoms with van der Waals surface area (Å²) < 4.78 is 18.9. The zero-order valence-electron chi connectivity index (χ0n) is 8.06. The van der Waals surface area contributed by atoms with Gasteiger partial charge in [-0.3, -0.25) is 4.79 Å². The second-order valence-corrected chi connectivity index (χ2v) is 4.47. The molecule has 6 nitrogen and oxygen atoms in total. The van der Waals surface area contributed by atoms with Crippen molar-refractivity contribution in [3.63, 3.8) is 0 Å². The van der Waals surface area contributed by atoms with Crippen LogP contribution in [0.5, 0.6) is 0 Å². The van der Waals surface area contributed by atoms with Crippen molar-refractivity contribution in [3.05, 3.63) is 0 Å². The summed E-state index contributed by atoms with van der Waals surface area (Å²) in [5.41, 5.74) is 5.13.